The van der Waals surface area contributed by atoms with Gasteiger partial charge in [-0.25, -0.2) is 0 Å². The van der Waals surface area contributed by atoms with E-state index in [1.165, 1.54) is 11.1 Å². The molecule has 1 aromatic rings. The van der Waals surface area contributed by atoms with Crippen LogP contribution in [-0.4, -0.2) is 17.8 Å². The minimum atomic E-state index is -0.237. The molecular formula is C12H17NO. The van der Waals surface area contributed by atoms with Gasteiger partial charge in [-0.1, -0.05) is 24.3 Å². The number of nitrogens with one attached hydrogen (secondary N) is 1. The second-order valence-corrected chi connectivity index (χ2v) is 4.04. The van der Waals surface area contributed by atoms with Crippen LogP contribution in [0.5, 0.6) is 0 Å². The van der Waals surface area contributed by atoms with Crippen LogP contribution in [0.1, 0.15) is 30.5 Å². The van der Waals surface area contributed by atoms with Crippen molar-refractivity contribution >= 4 is 0 Å². The van der Waals surface area contributed by atoms with Gasteiger partial charge in [0.1, 0.15) is 0 Å². The molecule has 0 aliphatic carbocycles. The van der Waals surface area contributed by atoms with Gasteiger partial charge >= 0.3 is 0 Å². The third kappa shape index (κ3) is 1.97. The van der Waals surface area contributed by atoms with Crippen molar-refractivity contribution < 1.29 is 5.11 Å². The van der Waals surface area contributed by atoms with Gasteiger partial charge in [0.15, 0.2) is 0 Å². The van der Waals surface area contributed by atoms with Crippen molar-refractivity contribution in [1.29, 1.82) is 0 Å². The molecule has 1 aromatic carbocycles. The van der Waals surface area contributed by atoms with Crippen molar-refractivity contribution in [1.82, 2.24) is 5.32 Å². The second kappa shape index (κ2) is 4.11. The van der Waals surface area contributed by atoms with E-state index in [2.05, 4.69) is 29.6 Å². The van der Waals surface area contributed by atoms with E-state index >= 15 is 0 Å². The first-order valence-electron chi connectivity index (χ1n) is 5.26. The Morgan fingerprint density at radius 2 is 2.29 bits per heavy atom. The van der Waals surface area contributed by atoms with Gasteiger partial charge in [-0.3, -0.25) is 0 Å². The van der Waals surface area contributed by atoms with E-state index in [4.69, 9.17) is 0 Å². The van der Waals surface area contributed by atoms with Crippen molar-refractivity contribution in [2.24, 2.45) is 0 Å². The standard InChI is InChI=1S/C12H17NO/c1-9(14)8-12-11-5-3-2-4-10(11)6-7-13-12/h2-5,9,12-14H,6-8H2,1H3. The molecule has 2 unspecified atom stereocenters. The first-order valence-corrected chi connectivity index (χ1v) is 5.26. The predicted octanol–water partition coefficient (Wildman–Crippen LogP) is 1.64. The number of aliphatic hydroxyl groups is 1. The number of hydrogen-bond donors (Lipinski definition) is 2. The molecule has 2 heteroatoms. The fourth-order valence-corrected chi connectivity index (χ4v) is 2.14. The number of fused-ring (bicyclic) bond motifs is 1. The summed E-state index contributed by atoms with van der Waals surface area (Å²) in [6, 6.07) is 8.84. The maximum atomic E-state index is 9.39. The molecule has 1 aliphatic heterocycles. The van der Waals surface area contributed by atoms with Crippen LogP contribution in [0.3, 0.4) is 0 Å². The number of rotatable bonds is 2. The zero-order valence-corrected chi connectivity index (χ0v) is 8.53. The van der Waals surface area contributed by atoms with Gasteiger partial charge in [-0.2, -0.15) is 0 Å². The van der Waals surface area contributed by atoms with Gasteiger partial charge in [-0.05, 0) is 37.4 Å². The molecule has 76 valence electrons. The average Bonchev–Trinajstić information content (AvgIpc) is 2.18. The lowest BCUT2D eigenvalue weighted by Gasteiger charge is -2.27. The quantitative estimate of drug-likeness (QED) is 0.745. The summed E-state index contributed by atoms with van der Waals surface area (Å²) in [5.74, 6) is 0. The SMILES string of the molecule is CC(O)CC1NCCc2ccccc21. The van der Waals surface area contributed by atoms with Gasteiger partial charge in [0.05, 0.1) is 6.10 Å². The predicted molar refractivity (Wildman–Crippen MR) is 57.2 cm³/mol. The van der Waals surface area contributed by atoms with E-state index < -0.39 is 0 Å². The molecule has 2 nitrogen and oxygen atoms in total. The average molecular weight is 191 g/mol. The second-order valence-electron chi connectivity index (χ2n) is 4.04. The van der Waals surface area contributed by atoms with Crippen LogP contribution in [-0.2, 0) is 6.42 Å². The molecule has 0 spiro atoms. The summed E-state index contributed by atoms with van der Waals surface area (Å²) in [4.78, 5) is 0. The van der Waals surface area contributed by atoms with Gasteiger partial charge in [0, 0.05) is 6.04 Å². The molecule has 14 heavy (non-hydrogen) atoms. The van der Waals surface area contributed by atoms with Crippen LogP contribution in [0.15, 0.2) is 24.3 Å². The number of aliphatic hydroxyl groups excluding tert-OH is 1. The fraction of sp³-hybridized carbons (Fsp3) is 0.500. The highest BCUT2D eigenvalue weighted by Crippen LogP contribution is 2.25. The smallest absolute Gasteiger partial charge is 0.0530 e. The van der Waals surface area contributed by atoms with Crippen LogP contribution < -0.4 is 5.32 Å². The Morgan fingerprint density at radius 3 is 3.07 bits per heavy atom. The minimum Gasteiger partial charge on any atom is -0.393 e. The van der Waals surface area contributed by atoms with Gasteiger partial charge < -0.3 is 10.4 Å². The molecule has 0 radical (unpaired) electrons. The van der Waals surface area contributed by atoms with E-state index in [9.17, 15) is 5.11 Å². The molecule has 2 atom stereocenters. The highest BCUT2D eigenvalue weighted by atomic mass is 16.3. The maximum absolute atomic E-state index is 9.39. The van der Waals surface area contributed by atoms with Crippen LogP contribution in [0.25, 0.3) is 0 Å². The molecule has 2 N–H and O–H groups in total. The Morgan fingerprint density at radius 1 is 1.50 bits per heavy atom. The highest BCUT2D eigenvalue weighted by molar-refractivity contribution is 5.32. The lowest BCUT2D eigenvalue weighted by atomic mass is 9.91. The first-order chi connectivity index (χ1) is 6.77. The Hall–Kier alpha value is -0.860. The summed E-state index contributed by atoms with van der Waals surface area (Å²) in [7, 11) is 0. The first kappa shape index (κ1) is 9.69. The zero-order valence-electron chi connectivity index (χ0n) is 8.53. The van der Waals surface area contributed by atoms with Gasteiger partial charge in [0.2, 0.25) is 0 Å². The Labute approximate surface area is 85.0 Å². The Kier molecular flexibility index (Phi) is 2.85. The van der Waals surface area contributed by atoms with E-state index in [0.717, 1.165) is 19.4 Å². The molecule has 0 aromatic heterocycles. The molecule has 1 aliphatic rings. The van der Waals surface area contributed by atoms with Crippen molar-refractivity contribution in [2.45, 2.75) is 31.9 Å². The van der Waals surface area contributed by atoms with E-state index in [-0.39, 0.29) is 6.10 Å². The number of benzene rings is 1. The highest BCUT2D eigenvalue weighted by Gasteiger charge is 2.19. The molecule has 0 saturated carbocycles. The van der Waals surface area contributed by atoms with Crippen molar-refractivity contribution in [3.63, 3.8) is 0 Å². The molecular weight excluding hydrogens is 174 g/mol. The van der Waals surface area contributed by atoms with Crippen molar-refractivity contribution in [3.8, 4) is 0 Å². The van der Waals surface area contributed by atoms with Crippen LogP contribution >= 0.6 is 0 Å². The zero-order chi connectivity index (χ0) is 9.97. The van der Waals surface area contributed by atoms with Crippen LogP contribution in [0, 0.1) is 0 Å². The maximum Gasteiger partial charge on any atom is 0.0530 e. The molecule has 0 fully saturated rings. The normalized spacial score (nSPS) is 22.9. The lowest BCUT2D eigenvalue weighted by Crippen LogP contribution is -2.31. The largest absolute Gasteiger partial charge is 0.393 e. The third-order valence-electron chi connectivity index (χ3n) is 2.79. The van der Waals surface area contributed by atoms with E-state index in [0.29, 0.717) is 6.04 Å². The topological polar surface area (TPSA) is 32.3 Å². The van der Waals surface area contributed by atoms with E-state index in [1.807, 2.05) is 6.92 Å². The molecule has 0 amide bonds. The summed E-state index contributed by atoms with van der Waals surface area (Å²) in [5, 5.41) is 12.8. The summed E-state index contributed by atoms with van der Waals surface area (Å²) in [6.07, 6.45) is 1.67. The Bertz CT molecular complexity index is 309. The summed E-state index contributed by atoms with van der Waals surface area (Å²) >= 11 is 0. The molecule has 2 rings (SSSR count). The van der Waals surface area contributed by atoms with Crippen LogP contribution in [0.2, 0.25) is 0 Å². The summed E-state index contributed by atoms with van der Waals surface area (Å²) in [5.41, 5.74) is 2.79. The van der Waals surface area contributed by atoms with Crippen LogP contribution in [0.4, 0.5) is 0 Å². The lowest BCUT2D eigenvalue weighted by molar-refractivity contribution is 0.166. The van der Waals surface area contributed by atoms with Crippen molar-refractivity contribution in [2.75, 3.05) is 6.54 Å². The summed E-state index contributed by atoms with van der Waals surface area (Å²) in [6.45, 7) is 2.87. The van der Waals surface area contributed by atoms with Gasteiger partial charge in [0.25, 0.3) is 0 Å². The molecule has 0 saturated heterocycles. The van der Waals surface area contributed by atoms with E-state index in [1.54, 1.807) is 0 Å². The van der Waals surface area contributed by atoms with Crippen molar-refractivity contribution in [3.05, 3.63) is 35.4 Å². The number of hydrogen-bond acceptors (Lipinski definition) is 2. The Balaban J connectivity index is 2.22. The fourth-order valence-electron chi connectivity index (χ4n) is 2.14. The minimum absolute atomic E-state index is 0.237. The molecule has 0 bridgehead atoms. The monoisotopic (exact) mass is 191 g/mol. The summed E-state index contributed by atoms with van der Waals surface area (Å²) < 4.78 is 0. The third-order valence-corrected chi connectivity index (χ3v) is 2.79. The van der Waals surface area contributed by atoms with Gasteiger partial charge in [-0.15, -0.1) is 0 Å². The molecule has 1 heterocycles.